The maximum Gasteiger partial charge on any atom is 0.238 e. The Bertz CT molecular complexity index is 416. The minimum atomic E-state index is -0.135. The Morgan fingerprint density at radius 1 is 1.61 bits per heavy atom. The molecule has 1 aromatic rings. The molecule has 1 aliphatic rings. The van der Waals surface area contributed by atoms with Gasteiger partial charge in [-0.1, -0.05) is 0 Å². The summed E-state index contributed by atoms with van der Waals surface area (Å²) in [6.07, 6.45) is 0. The van der Waals surface area contributed by atoms with Gasteiger partial charge in [0.25, 0.3) is 0 Å². The molecule has 2 heterocycles. The molecular weight excluding hydrogens is 230 g/mol. The number of hydrogen-bond acceptors (Lipinski definition) is 4. The second-order valence-corrected chi connectivity index (χ2v) is 4.70. The fraction of sp³-hybridized carbons (Fsp3) is 0.615. The zero-order chi connectivity index (χ0) is 13.1. The summed E-state index contributed by atoms with van der Waals surface area (Å²) in [5, 5.41) is 5.98. The van der Waals surface area contributed by atoms with Gasteiger partial charge in [-0.3, -0.25) is 9.69 Å². The summed E-state index contributed by atoms with van der Waals surface area (Å²) in [6, 6.07) is 3.93. The molecule has 100 valence electrons. The summed E-state index contributed by atoms with van der Waals surface area (Å²) in [4.78, 5) is 14.1. The third-order valence-corrected chi connectivity index (χ3v) is 3.50. The quantitative estimate of drug-likeness (QED) is 0.829. The van der Waals surface area contributed by atoms with E-state index in [9.17, 15) is 4.79 Å². The zero-order valence-electron chi connectivity index (χ0n) is 11.2. The van der Waals surface area contributed by atoms with E-state index in [1.165, 1.54) is 0 Å². The lowest BCUT2D eigenvalue weighted by Crippen LogP contribution is -2.57. The van der Waals surface area contributed by atoms with Crippen molar-refractivity contribution < 1.29 is 9.21 Å². The Hall–Kier alpha value is -1.33. The molecule has 1 amide bonds. The third kappa shape index (κ3) is 2.57. The van der Waals surface area contributed by atoms with Gasteiger partial charge in [0, 0.05) is 26.7 Å². The fourth-order valence-corrected chi connectivity index (χ4v) is 2.43. The summed E-state index contributed by atoms with van der Waals surface area (Å²) in [5.41, 5.74) is 0. The molecule has 0 radical (unpaired) electrons. The topological polar surface area (TPSA) is 57.5 Å². The standard InChI is InChI=1S/C13H21N3O2/c1-9-4-5-12(18-9)10(2)16-7-6-15-8-11(16)13(17)14-3/h4-5,10-11,15H,6-8H2,1-3H3,(H,14,17). The molecule has 2 atom stereocenters. The average Bonchev–Trinajstić information content (AvgIpc) is 2.83. The van der Waals surface area contributed by atoms with Crippen molar-refractivity contribution in [2.75, 3.05) is 26.7 Å². The molecule has 0 aliphatic carbocycles. The fourth-order valence-electron chi connectivity index (χ4n) is 2.43. The largest absolute Gasteiger partial charge is 0.465 e. The SMILES string of the molecule is CNC(=O)C1CNCCN1C(C)c1ccc(C)o1. The lowest BCUT2D eigenvalue weighted by molar-refractivity contribution is -0.127. The monoisotopic (exact) mass is 251 g/mol. The molecule has 2 rings (SSSR count). The minimum Gasteiger partial charge on any atom is -0.465 e. The number of furan rings is 1. The number of amides is 1. The number of rotatable bonds is 3. The highest BCUT2D eigenvalue weighted by atomic mass is 16.3. The van der Waals surface area contributed by atoms with Gasteiger partial charge in [0.2, 0.25) is 5.91 Å². The average molecular weight is 251 g/mol. The number of likely N-dealkylation sites (N-methyl/N-ethyl adjacent to an activating group) is 1. The van der Waals surface area contributed by atoms with Crippen LogP contribution in [0.1, 0.15) is 24.5 Å². The van der Waals surface area contributed by atoms with Crippen LogP contribution in [0.3, 0.4) is 0 Å². The Morgan fingerprint density at radius 2 is 2.39 bits per heavy atom. The van der Waals surface area contributed by atoms with Gasteiger partial charge in [-0.15, -0.1) is 0 Å². The van der Waals surface area contributed by atoms with Crippen LogP contribution in [0.5, 0.6) is 0 Å². The lowest BCUT2D eigenvalue weighted by Gasteiger charge is -2.38. The molecule has 0 bridgehead atoms. The number of piperazine rings is 1. The van der Waals surface area contributed by atoms with Crippen LogP contribution in [0.15, 0.2) is 16.5 Å². The van der Waals surface area contributed by atoms with Crippen molar-refractivity contribution in [3.8, 4) is 0 Å². The molecule has 1 aliphatic heterocycles. The number of carbonyl (C=O) groups excluding carboxylic acids is 1. The predicted octanol–water partition coefficient (Wildman–Crippen LogP) is 0.669. The van der Waals surface area contributed by atoms with Gasteiger partial charge >= 0.3 is 0 Å². The number of nitrogens with zero attached hydrogens (tertiary/aromatic N) is 1. The van der Waals surface area contributed by atoms with Crippen LogP contribution < -0.4 is 10.6 Å². The van der Waals surface area contributed by atoms with E-state index in [4.69, 9.17) is 4.42 Å². The molecule has 18 heavy (non-hydrogen) atoms. The Labute approximate surface area is 108 Å². The van der Waals surface area contributed by atoms with Crippen molar-refractivity contribution in [2.24, 2.45) is 0 Å². The first kappa shape index (κ1) is 13.1. The third-order valence-electron chi connectivity index (χ3n) is 3.50. The van der Waals surface area contributed by atoms with Crippen LogP contribution >= 0.6 is 0 Å². The maximum absolute atomic E-state index is 11.9. The van der Waals surface area contributed by atoms with Gasteiger partial charge in [-0.2, -0.15) is 0 Å². The summed E-state index contributed by atoms with van der Waals surface area (Å²) >= 11 is 0. The van der Waals surface area contributed by atoms with Gasteiger partial charge in [-0.05, 0) is 26.0 Å². The smallest absolute Gasteiger partial charge is 0.238 e. The van der Waals surface area contributed by atoms with Crippen molar-refractivity contribution in [1.29, 1.82) is 0 Å². The van der Waals surface area contributed by atoms with Crippen LogP contribution in [0.4, 0.5) is 0 Å². The predicted molar refractivity (Wildman–Crippen MR) is 69.3 cm³/mol. The number of hydrogen-bond donors (Lipinski definition) is 2. The molecular formula is C13H21N3O2. The van der Waals surface area contributed by atoms with Crippen molar-refractivity contribution in [3.63, 3.8) is 0 Å². The van der Waals surface area contributed by atoms with E-state index < -0.39 is 0 Å². The van der Waals surface area contributed by atoms with Crippen molar-refractivity contribution in [2.45, 2.75) is 25.9 Å². The summed E-state index contributed by atoms with van der Waals surface area (Å²) in [6.45, 7) is 6.45. The summed E-state index contributed by atoms with van der Waals surface area (Å²) < 4.78 is 5.67. The van der Waals surface area contributed by atoms with Gasteiger partial charge in [0.1, 0.15) is 17.6 Å². The highest BCUT2D eigenvalue weighted by Gasteiger charge is 2.32. The highest BCUT2D eigenvalue weighted by molar-refractivity contribution is 5.81. The summed E-state index contributed by atoms with van der Waals surface area (Å²) in [7, 11) is 1.68. The second-order valence-electron chi connectivity index (χ2n) is 4.70. The van der Waals surface area contributed by atoms with E-state index >= 15 is 0 Å². The molecule has 5 nitrogen and oxygen atoms in total. The van der Waals surface area contributed by atoms with Crippen molar-refractivity contribution in [3.05, 3.63) is 23.7 Å². The van der Waals surface area contributed by atoms with Crippen molar-refractivity contribution in [1.82, 2.24) is 15.5 Å². The normalized spacial score (nSPS) is 22.7. The van der Waals surface area contributed by atoms with Gasteiger partial charge in [0.05, 0.1) is 6.04 Å². The van der Waals surface area contributed by atoms with Crippen LogP contribution in [-0.4, -0.2) is 43.5 Å². The molecule has 2 unspecified atom stereocenters. The number of aryl methyl sites for hydroxylation is 1. The van der Waals surface area contributed by atoms with E-state index in [1.807, 2.05) is 19.1 Å². The van der Waals surface area contributed by atoms with Crippen LogP contribution in [0.2, 0.25) is 0 Å². The molecule has 1 fully saturated rings. The van der Waals surface area contributed by atoms with E-state index in [2.05, 4.69) is 22.5 Å². The van der Waals surface area contributed by atoms with E-state index in [0.717, 1.165) is 24.6 Å². The molecule has 0 spiro atoms. The molecule has 0 aromatic carbocycles. The van der Waals surface area contributed by atoms with Gasteiger partial charge in [0.15, 0.2) is 0 Å². The van der Waals surface area contributed by atoms with E-state index in [0.29, 0.717) is 6.54 Å². The first-order valence-electron chi connectivity index (χ1n) is 6.38. The Kier molecular flexibility index (Phi) is 4.04. The zero-order valence-corrected chi connectivity index (χ0v) is 11.2. The van der Waals surface area contributed by atoms with Crippen LogP contribution in [0.25, 0.3) is 0 Å². The Balaban J connectivity index is 2.15. The van der Waals surface area contributed by atoms with Crippen LogP contribution in [-0.2, 0) is 4.79 Å². The first-order valence-corrected chi connectivity index (χ1v) is 6.38. The first-order chi connectivity index (χ1) is 8.63. The lowest BCUT2D eigenvalue weighted by atomic mass is 10.1. The van der Waals surface area contributed by atoms with Crippen molar-refractivity contribution >= 4 is 5.91 Å². The molecule has 2 N–H and O–H groups in total. The van der Waals surface area contributed by atoms with Crippen LogP contribution in [0, 0.1) is 6.92 Å². The molecule has 5 heteroatoms. The summed E-state index contributed by atoms with van der Waals surface area (Å²) in [5.74, 6) is 1.88. The van der Waals surface area contributed by atoms with E-state index in [1.54, 1.807) is 7.05 Å². The van der Waals surface area contributed by atoms with E-state index in [-0.39, 0.29) is 18.0 Å². The van der Waals surface area contributed by atoms with Gasteiger partial charge in [-0.25, -0.2) is 0 Å². The minimum absolute atomic E-state index is 0.0531. The second kappa shape index (κ2) is 5.54. The maximum atomic E-state index is 11.9. The molecule has 0 saturated carbocycles. The highest BCUT2D eigenvalue weighted by Crippen LogP contribution is 2.25. The number of nitrogens with one attached hydrogen (secondary N) is 2. The molecule has 1 saturated heterocycles. The Morgan fingerprint density at radius 3 is 3.00 bits per heavy atom. The molecule has 1 aromatic heterocycles. The number of carbonyl (C=O) groups is 1. The van der Waals surface area contributed by atoms with Gasteiger partial charge < -0.3 is 15.1 Å².